The normalized spacial score (nSPS) is 26.5. The minimum Gasteiger partial charge on any atom is -0.481 e. The number of carboxylic acids is 1. The summed E-state index contributed by atoms with van der Waals surface area (Å²) in [6.07, 6.45) is 0.931. The van der Waals surface area contributed by atoms with Crippen LogP contribution in [0.4, 0.5) is 4.79 Å². The van der Waals surface area contributed by atoms with Gasteiger partial charge < -0.3 is 19.6 Å². The zero-order valence-electron chi connectivity index (χ0n) is 11.5. The lowest BCUT2D eigenvalue weighted by molar-refractivity contribution is -0.144. The maximum atomic E-state index is 12.3. The van der Waals surface area contributed by atoms with Gasteiger partial charge in [0, 0.05) is 38.7 Å². The van der Waals surface area contributed by atoms with Crippen molar-refractivity contribution in [2.75, 3.05) is 32.8 Å². The molecule has 1 N–H and O–H groups in total. The summed E-state index contributed by atoms with van der Waals surface area (Å²) in [6, 6.07) is 0.0196. The second-order valence-electron chi connectivity index (χ2n) is 5.56. The van der Waals surface area contributed by atoms with E-state index in [2.05, 4.69) is 0 Å². The van der Waals surface area contributed by atoms with Crippen molar-refractivity contribution in [3.63, 3.8) is 0 Å². The van der Waals surface area contributed by atoms with E-state index in [0.717, 1.165) is 13.0 Å². The number of aliphatic carboxylic acids is 1. The number of urea groups is 1. The molecule has 6 heteroatoms. The van der Waals surface area contributed by atoms with Crippen molar-refractivity contribution in [3.05, 3.63) is 0 Å². The largest absolute Gasteiger partial charge is 0.481 e. The third kappa shape index (κ3) is 3.18. The molecule has 0 aromatic heterocycles. The van der Waals surface area contributed by atoms with E-state index < -0.39 is 5.97 Å². The summed E-state index contributed by atoms with van der Waals surface area (Å²) in [5.74, 6) is -1.08. The maximum absolute atomic E-state index is 12.3. The topological polar surface area (TPSA) is 70.1 Å². The van der Waals surface area contributed by atoms with Crippen LogP contribution in [0.5, 0.6) is 0 Å². The number of hydrogen-bond acceptors (Lipinski definition) is 3. The number of likely N-dealkylation sites (tertiary alicyclic amines) is 1. The standard InChI is InChI=1S/C13H22N2O4/c1-9-6-14(4-3-5-19-9)13(18)15-7-11(8-15)10(2)12(16)17/h9-11H,3-8H2,1-2H3,(H,16,17). The Hall–Kier alpha value is -1.30. The predicted molar refractivity (Wildman–Crippen MR) is 68.9 cm³/mol. The highest BCUT2D eigenvalue weighted by Crippen LogP contribution is 2.25. The molecule has 2 amide bonds. The Morgan fingerprint density at radius 1 is 1.26 bits per heavy atom. The Morgan fingerprint density at radius 2 is 1.95 bits per heavy atom. The third-order valence-electron chi connectivity index (χ3n) is 4.00. The lowest BCUT2D eigenvalue weighted by atomic mass is 9.87. The number of carbonyl (C=O) groups excluding carboxylic acids is 1. The lowest BCUT2D eigenvalue weighted by Gasteiger charge is -2.43. The van der Waals surface area contributed by atoms with E-state index in [4.69, 9.17) is 9.84 Å². The van der Waals surface area contributed by atoms with Crippen molar-refractivity contribution in [1.82, 2.24) is 9.80 Å². The maximum Gasteiger partial charge on any atom is 0.320 e. The molecule has 2 aliphatic heterocycles. The van der Waals surface area contributed by atoms with E-state index in [-0.39, 0.29) is 24.0 Å². The minimum atomic E-state index is -0.783. The van der Waals surface area contributed by atoms with Crippen molar-refractivity contribution in [2.45, 2.75) is 26.4 Å². The van der Waals surface area contributed by atoms with Gasteiger partial charge in [-0.1, -0.05) is 6.92 Å². The number of amides is 2. The Bertz CT molecular complexity index is 355. The number of hydrogen-bond donors (Lipinski definition) is 1. The number of carbonyl (C=O) groups is 2. The van der Waals surface area contributed by atoms with Crippen molar-refractivity contribution >= 4 is 12.0 Å². The van der Waals surface area contributed by atoms with Crippen molar-refractivity contribution in [2.24, 2.45) is 11.8 Å². The second kappa shape index (κ2) is 5.77. The summed E-state index contributed by atoms with van der Waals surface area (Å²) >= 11 is 0. The number of ether oxygens (including phenoxy) is 1. The predicted octanol–water partition coefficient (Wildman–Crippen LogP) is 0.870. The van der Waals surface area contributed by atoms with Gasteiger partial charge in [-0.2, -0.15) is 0 Å². The smallest absolute Gasteiger partial charge is 0.320 e. The van der Waals surface area contributed by atoms with Crippen LogP contribution in [0.2, 0.25) is 0 Å². The molecule has 2 fully saturated rings. The van der Waals surface area contributed by atoms with Gasteiger partial charge in [0.25, 0.3) is 0 Å². The first-order valence-corrected chi connectivity index (χ1v) is 6.87. The number of rotatable bonds is 2. The second-order valence-corrected chi connectivity index (χ2v) is 5.56. The quantitative estimate of drug-likeness (QED) is 0.808. The van der Waals surface area contributed by atoms with E-state index in [0.29, 0.717) is 26.2 Å². The highest BCUT2D eigenvalue weighted by molar-refractivity contribution is 5.76. The van der Waals surface area contributed by atoms with Crippen LogP contribution < -0.4 is 0 Å². The van der Waals surface area contributed by atoms with E-state index in [1.807, 2.05) is 11.8 Å². The van der Waals surface area contributed by atoms with Gasteiger partial charge in [0.15, 0.2) is 0 Å². The van der Waals surface area contributed by atoms with Crippen LogP contribution in [-0.2, 0) is 9.53 Å². The Kier molecular flexibility index (Phi) is 4.29. The van der Waals surface area contributed by atoms with Crippen molar-refractivity contribution in [3.8, 4) is 0 Å². The van der Waals surface area contributed by atoms with Gasteiger partial charge >= 0.3 is 12.0 Å². The van der Waals surface area contributed by atoms with Gasteiger partial charge in [-0.15, -0.1) is 0 Å². The summed E-state index contributed by atoms with van der Waals surface area (Å²) in [5.41, 5.74) is 0. The highest BCUT2D eigenvalue weighted by atomic mass is 16.5. The first-order valence-electron chi connectivity index (χ1n) is 6.87. The van der Waals surface area contributed by atoms with Gasteiger partial charge in [-0.3, -0.25) is 4.79 Å². The van der Waals surface area contributed by atoms with Crippen molar-refractivity contribution < 1.29 is 19.4 Å². The van der Waals surface area contributed by atoms with Crippen LogP contribution in [-0.4, -0.2) is 65.8 Å². The Labute approximate surface area is 113 Å². The summed E-state index contributed by atoms with van der Waals surface area (Å²) in [5, 5.41) is 8.93. The zero-order valence-corrected chi connectivity index (χ0v) is 11.5. The fourth-order valence-corrected chi connectivity index (χ4v) is 2.55. The summed E-state index contributed by atoms with van der Waals surface area (Å²) in [6.45, 7) is 6.82. The van der Waals surface area contributed by atoms with E-state index in [1.165, 1.54) is 0 Å². The average molecular weight is 270 g/mol. The molecule has 6 nitrogen and oxygen atoms in total. The zero-order chi connectivity index (χ0) is 14.0. The molecule has 2 atom stereocenters. The monoisotopic (exact) mass is 270 g/mol. The fourth-order valence-electron chi connectivity index (χ4n) is 2.55. The number of nitrogens with zero attached hydrogens (tertiary/aromatic N) is 2. The molecule has 0 aromatic rings. The molecule has 2 heterocycles. The SMILES string of the molecule is CC1CN(C(=O)N2CC(C(C)C(=O)O)C2)CCCO1. The molecule has 2 unspecified atom stereocenters. The van der Waals surface area contributed by atoms with Crippen molar-refractivity contribution in [1.29, 1.82) is 0 Å². The molecule has 2 rings (SSSR count). The molecule has 2 saturated heterocycles. The molecule has 108 valence electrons. The molecule has 0 aliphatic carbocycles. The average Bonchev–Trinajstić information content (AvgIpc) is 2.51. The highest BCUT2D eigenvalue weighted by Gasteiger charge is 2.39. The number of carboxylic acid groups (broad SMARTS) is 1. The minimum absolute atomic E-state index is 0.0196. The van der Waals surface area contributed by atoms with Gasteiger partial charge in [-0.25, -0.2) is 4.79 Å². The van der Waals surface area contributed by atoms with Gasteiger partial charge in [0.1, 0.15) is 0 Å². The van der Waals surface area contributed by atoms with E-state index >= 15 is 0 Å². The molecular formula is C13H22N2O4. The van der Waals surface area contributed by atoms with Crippen LogP contribution >= 0.6 is 0 Å². The fraction of sp³-hybridized carbons (Fsp3) is 0.846. The van der Waals surface area contributed by atoms with Crippen LogP contribution in [0, 0.1) is 11.8 Å². The molecule has 0 bridgehead atoms. The van der Waals surface area contributed by atoms with Crippen LogP contribution in [0.25, 0.3) is 0 Å². The first kappa shape index (κ1) is 14.1. The van der Waals surface area contributed by atoms with E-state index in [9.17, 15) is 9.59 Å². The molecule has 19 heavy (non-hydrogen) atoms. The van der Waals surface area contributed by atoms with Gasteiger partial charge in [0.2, 0.25) is 0 Å². The molecule has 0 radical (unpaired) electrons. The Balaban J connectivity index is 1.83. The summed E-state index contributed by atoms with van der Waals surface area (Å²) in [4.78, 5) is 26.7. The molecule has 0 spiro atoms. The molecule has 0 saturated carbocycles. The van der Waals surface area contributed by atoms with E-state index in [1.54, 1.807) is 11.8 Å². The third-order valence-corrected chi connectivity index (χ3v) is 4.00. The van der Waals surface area contributed by atoms with Gasteiger partial charge in [0.05, 0.1) is 12.0 Å². The molecule has 0 aromatic carbocycles. The molecule has 2 aliphatic rings. The summed E-state index contributed by atoms with van der Waals surface area (Å²) in [7, 11) is 0. The molecular weight excluding hydrogens is 248 g/mol. The Morgan fingerprint density at radius 3 is 2.58 bits per heavy atom. The van der Waals surface area contributed by atoms with Crippen LogP contribution in [0.1, 0.15) is 20.3 Å². The van der Waals surface area contributed by atoms with Gasteiger partial charge in [-0.05, 0) is 13.3 Å². The van der Waals surface area contributed by atoms with Crippen LogP contribution in [0.15, 0.2) is 0 Å². The summed E-state index contributed by atoms with van der Waals surface area (Å²) < 4.78 is 5.52. The first-order chi connectivity index (χ1) is 8.99. The lowest BCUT2D eigenvalue weighted by Crippen LogP contribution is -2.57. The van der Waals surface area contributed by atoms with Crippen LogP contribution in [0.3, 0.4) is 0 Å².